The molecule has 0 fully saturated rings. The molecule has 2 rings (SSSR count). The molecule has 112 valence electrons. The molecule has 0 aliphatic rings. The summed E-state index contributed by atoms with van der Waals surface area (Å²) in [5.41, 5.74) is -0.135. The number of aromatic carboxylic acids is 1. The van der Waals surface area contributed by atoms with Crippen molar-refractivity contribution >= 4 is 12.0 Å². The number of aromatic amines is 1. The number of carboxylic acids is 1. The topological polar surface area (TPSA) is 142 Å². The Morgan fingerprint density at radius 3 is 2.95 bits per heavy atom. The maximum absolute atomic E-state index is 11.8. The fraction of sp³-hybridized carbons (Fsp3) is 0.400. The first-order chi connectivity index (χ1) is 10.1. The lowest BCUT2D eigenvalue weighted by Gasteiger charge is -2.16. The van der Waals surface area contributed by atoms with Crippen molar-refractivity contribution in [3.8, 4) is 0 Å². The third-order valence-electron chi connectivity index (χ3n) is 2.57. The summed E-state index contributed by atoms with van der Waals surface area (Å²) in [5.74, 6) is -0.563. The van der Waals surface area contributed by atoms with Gasteiger partial charge in [0.15, 0.2) is 5.69 Å². The van der Waals surface area contributed by atoms with Crippen molar-refractivity contribution in [2.45, 2.75) is 13.1 Å². The maximum Gasteiger partial charge on any atom is 0.358 e. The van der Waals surface area contributed by atoms with Gasteiger partial charge in [-0.2, -0.15) is 5.10 Å². The predicted octanol–water partition coefficient (Wildman–Crippen LogP) is -1.06. The first-order valence-corrected chi connectivity index (χ1v) is 6.03. The van der Waals surface area contributed by atoms with Crippen molar-refractivity contribution in [3.05, 3.63) is 24.0 Å². The van der Waals surface area contributed by atoms with Crippen LogP contribution in [-0.4, -0.2) is 65.8 Å². The van der Waals surface area contributed by atoms with E-state index in [1.54, 1.807) is 7.05 Å². The molecule has 3 N–H and O–H groups in total. The molecule has 0 radical (unpaired) electrons. The number of hydrogen-bond acceptors (Lipinski definition) is 6. The third kappa shape index (κ3) is 3.99. The minimum absolute atomic E-state index is 0.135. The number of nitrogens with one attached hydrogen (secondary N) is 2. The zero-order chi connectivity index (χ0) is 15.2. The second-order valence-electron chi connectivity index (χ2n) is 4.19. The summed E-state index contributed by atoms with van der Waals surface area (Å²) in [5, 5.41) is 24.8. The van der Waals surface area contributed by atoms with Gasteiger partial charge < -0.3 is 15.3 Å². The van der Waals surface area contributed by atoms with Crippen molar-refractivity contribution < 1.29 is 14.7 Å². The Bertz CT molecular complexity index is 608. The van der Waals surface area contributed by atoms with Crippen LogP contribution in [0.25, 0.3) is 0 Å². The molecule has 0 atom stereocenters. The molecule has 0 saturated carbocycles. The fourth-order valence-corrected chi connectivity index (χ4v) is 1.52. The van der Waals surface area contributed by atoms with Gasteiger partial charge in [-0.3, -0.25) is 5.10 Å². The van der Waals surface area contributed by atoms with E-state index in [0.717, 1.165) is 0 Å². The molecule has 0 saturated heterocycles. The minimum Gasteiger partial charge on any atom is -0.476 e. The molecule has 0 spiro atoms. The van der Waals surface area contributed by atoms with Crippen molar-refractivity contribution in [1.82, 2.24) is 40.4 Å². The standard InChI is InChI=1S/C10H14N8O3/c1-17(5-8-12-6-13-15-8)10(21)11-2-3-18-4-7(9(19)20)14-16-18/h4,6H,2-3,5H2,1H3,(H,11,21)(H,19,20)(H,12,13,15). The largest absolute Gasteiger partial charge is 0.476 e. The molecular weight excluding hydrogens is 280 g/mol. The van der Waals surface area contributed by atoms with Crippen LogP contribution in [-0.2, 0) is 13.1 Å². The molecule has 2 amide bonds. The smallest absolute Gasteiger partial charge is 0.358 e. The number of H-pyrrole nitrogens is 1. The van der Waals surface area contributed by atoms with Crippen LogP contribution in [0, 0.1) is 0 Å². The van der Waals surface area contributed by atoms with Crippen LogP contribution in [0.15, 0.2) is 12.5 Å². The van der Waals surface area contributed by atoms with Gasteiger partial charge in [0.1, 0.15) is 12.2 Å². The monoisotopic (exact) mass is 294 g/mol. The highest BCUT2D eigenvalue weighted by Gasteiger charge is 2.11. The maximum atomic E-state index is 11.8. The Labute approximate surface area is 119 Å². The van der Waals surface area contributed by atoms with Crippen molar-refractivity contribution in [2.24, 2.45) is 0 Å². The van der Waals surface area contributed by atoms with Gasteiger partial charge in [0, 0.05) is 13.6 Å². The van der Waals surface area contributed by atoms with Crippen LogP contribution in [0.1, 0.15) is 16.3 Å². The van der Waals surface area contributed by atoms with Gasteiger partial charge in [0.25, 0.3) is 0 Å². The van der Waals surface area contributed by atoms with E-state index in [2.05, 4.69) is 30.8 Å². The lowest BCUT2D eigenvalue weighted by atomic mass is 10.5. The molecule has 2 aromatic heterocycles. The average molecular weight is 294 g/mol. The molecule has 2 aromatic rings. The number of amides is 2. The van der Waals surface area contributed by atoms with E-state index >= 15 is 0 Å². The summed E-state index contributed by atoms with van der Waals surface area (Å²) in [4.78, 5) is 27.8. The molecule has 0 aliphatic heterocycles. The van der Waals surface area contributed by atoms with Crippen molar-refractivity contribution in [3.63, 3.8) is 0 Å². The quantitative estimate of drug-likeness (QED) is 0.616. The Kier molecular flexibility index (Phi) is 4.43. The number of hydrogen-bond donors (Lipinski definition) is 3. The Morgan fingerprint density at radius 2 is 2.33 bits per heavy atom. The summed E-state index contributed by atoms with van der Waals surface area (Å²) in [7, 11) is 1.62. The Hall–Kier alpha value is -2.98. The van der Waals surface area contributed by atoms with Crippen LogP contribution in [0.5, 0.6) is 0 Å². The summed E-state index contributed by atoms with van der Waals surface area (Å²) >= 11 is 0. The Morgan fingerprint density at radius 1 is 1.52 bits per heavy atom. The molecule has 11 nitrogen and oxygen atoms in total. The molecular formula is C10H14N8O3. The molecule has 0 unspecified atom stereocenters. The highest BCUT2D eigenvalue weighted by molar-refractivity contribution is 5.84. The van der Waals surface area contributed by atoms with E-state index in [9.17, 15) is 9.59 Å². The molecule has 2 heterocycles. The minimum atomic E-state index is -1.14. The zero-order valence-corrected chi connectivity index (χ0v) is 11.2. The number of carboxylic acid groups (broad SMARTS) is 1. The van der Waals surface area contributed by atoms with Crippen LogP contribution < -0.4 is 5.32 Å². The number of nitrogens with zero attached hydrogens (tertiary/aromatic N) is 6. The highest BCUT2D eigenvalue weighted by atomic mass is 16.4. The number of rotatable bonds is 6. The Balaban J connectivity index is 1.74. The van der Waals surface area contributed by atoms with E-state index in [0.29, 0.717) is 25.5 Å². The second-order valence-corrected chi connectivity index (χ2v) is 4.19. The van der Waals surface area contributed by atoms with Gasteiger partial charge >= 0.3 is 12.0 Å². The van der Waals surface area contributed by atoms with E-state index in [4.69, 9.17) is 5.11 Å². The van der Waals surface area contributed by atoms with Crippen LogP contribution >= 0.6 is 0 Å². The summed E-state index contributed by atoms with van der Waals surface area (Å²) < 4.78 is 1.35. The fourth-order valence-electron chi connectivity index (χ4n) is 1.52. The van der Waals surface area contributed by atoms with E-state index in [1.165, 1.54) is 22.1 Å². The third-order valence-corrected chi connectivity index (χ3v) is 2.57. The number of carbonyl (C=O) groups is 2. The molecule has 21 heavy (non-hydrogen) atoms. The normalized spacial score (nSPS) is 10.3. The molecule has 11 heteroatoms. The summed E-state index contributed by atoms with van der Waals surface area (Å²) in [6, 6.07) is -0.287. The number of aromatic nitrogens is 6. The van der Waals surface area contributed by atoms with Gasteiger partial charge in [-0.1, -0.05) is 5.21 Å². The van der Waals surface area contributed by atoms with Crippen LogP contribution in [0.3, 0.4) is 0 Å². The first kappa shape index (κ1) is 14.4. The second kappa shape index (κ2) is 6.45. The highest BCUT2D eigenvalue weighted by Crippen LogP contribution is 1.95. The van der Waals surface area contributed by atoms with E-state index in [-0.39, 0.29) is 11.7 Å². The zero-order valence-electron chi connectivity index (χ0n) is 11.2. The number of carbonyl (C=O) groups excluding carboxylic acids is 1. The lowest BCUT2D eigenvalue weighted by Crippen LogP contribution is -2.38. The van der Waals surface area contributed by atoms with Gasteiger partial charge in [-0.15, -0.1) is 5.10 Å². The van der Waals surface area contributed by atoms with E-state index in [1.807, 2.05) is 0 Å². The van der Waals surface area contributed by atoms with Crippen molar-refractivity contribution in [1.29, 1.82) is 0 Å². The van der Waals surface area contributed by atoms with Crippen LogP contribution in [0.2, 0.25) is 0 Å². The van der Waals surface area contributed by atoms with E-state index < -0.39 is 5.97 Å². The van der Waals surface area contributed by atoms with Crippen molar-refractivity contribution in [2.75, 3.05) is 13.6 Å². The van der Waals surface area contributed by atoms with Gasteiger partial charge in [-0.05, 0) is 0 Å². The predicted molar refractivity (Wildman–Crippen MR) is 68.2 cm³/mol. The SMILES string of the molecule is CN(Cc1ncn[nH]1)C(=O)NCCn1cc(C(=O)O)nn1. The summed E-state index contributed by atoms with van der Waals surface area (Å²) in [6.07, 6.45) is 2.67. The average Bonchev–Trinajstić information content (AvgIpc) is 3.09. The van der Waals surface area contributed by atoms with Gasteiger partial charge in [0.2, 0.25) is 0 Å². The summed E-state index contributed by atoms with van der Waals surface area (Å²) in [6.45, 7) is 0.919. The molecule has 0 aliphatic carbocycles. The molecule has 0 bridgehead atoms. The lowest BCUT2D eigenvalue weighted by molar-refractivity contribution is 0.0690. The number of urea groups is 1. The van der Waals surface area contributed by atoms with Gasteiger partial charge in [-0.25, -0.2) is 19.3 Å². The molecule has 0 aromatic carbocycles. The first-order valence-electron chi connectivity index (χ1n) is 6.03. The van der Waals surface area contributed by atoms with Crippen LogP contribution in [0.4, 0.5) is 4.79 Å². The van der Waals surface area contributed by atoms with Gasteiger partial charge in [0.05, 0.1) is 19.3 Å².